The summed E-state index contributed by atoms with van der Waals surface area (Å²) in [7, 11) is 0. The third kappa shape index (κ3) is 8.79. The Labute approximate surface area is 185 Å². The van der Waals surface area contributed by atoms with Crippen LogP contribution in [0.4, 0.5) is 0 Å². The molecule has 3 unspecified atom stereocenters. The van der Waals surface area contributed by atoms with Crippen molar-refractivity contribution in [3.8, 4) is 0 Å². The van der Waals surface area contributed by atoms with E-state index in [9.17, 15) is 15.0 Å². The zero-order valence-corrected chi connectivity index (χ0v) is 20.0. The summed E-state index contributed by atoms with van der Waals surface area (Å²) in [5.41, 5.74) is -1.82. The van der Waals surface area contributed by atoms with Crippen molar-refractivity contribution in [3.05, 3.63) is 36.0 Å². The molecule has 2 N–H and O–H groups in total. The topological polar surface area (TPSA) is 57.5 Å². The van der Waals surface area contributed by atoms with E-state index in [0.29, 0.717) is 5.92 Å². The Morgan fingerprint density at radius 2 is 1.53 bits per heavy atom. The standard InChI is InChI=1S/C27H46O3/c1-5-7-9-10-11-12-13-14-17-23(16-8-6-2)18-15-19-24-20-21-27(4,30)26(3,22-24)25(28)29/h15,19-23,30H,5-14,16-18H2,1-4H3,(H,28,29). The van der Waals surface area contributed by atoms with Crippen LogP contribution in [-0.4, -0.2) is 21.8 Å². The van der Waals surface area contributed by atoms with Crippen molar-refractivity contribution in [3.63, 3.8) is 0 Å². The number of aliphatic carboxylic acids is 1. The van der Waals surface area contributed by atoms with E-state index < -0.39 is 17.0 Å². The summed E-state index contributed by atoms with van der Waals surface area (Å²) in [5.74, 6) is -0.290. The minimum atomic E-state index is -1.38. The molecule has 0 spiro atoms. The van der Waals surface area contributed by atoms with Gasteiger partial charge in [-0.2, -0.15) is 0 Å². The fourth-order valence-corrected chi connectivity index (χ4v) is 4.18. The monoisotopic (exact) mass is 418 g/mol. The third-order valence-corrected chi connectivity index (χ3v) is 6.76. The van der Waals surface area contributed by atoms with Crippen LogP contribution in [0.15, 0.2) is 36.0 Å². The Bertz CT molecular complexity index is 585. The number of carboxylic acids is 1. The average molecular weight is 419 g/mol. The molecule has 0 aromatic heterocycles. The van der Waals surface area contributed by atoms with Crippen molar-refractivity contribution in [2.24, 2.45) is 11.3 Å². The van der Waals surface area contributed by atoms with E-state index in [-0.39, 0.29) is 0 Å². The highest BCUT2D eigenvalue weighted by Crippen LogP contribution is 2.39. The van der Waals surface area contributed by atoms with Crippen molar-refractivity contribution >= 4 is 5.97 Å². The highest BCUT2D eigenvalue weighted by molar-refractivity contribution is 5.80. The minimum Gasteiger partial charge on any atom is -0.481 e. The van der Waals surface area contributed by atoms with Gasteiger partial charge in [0.15, 0.2) is 0 Å². The summed E-state index contributed by atoms with van der Waals surface area (Å²) in [6, 6.07) is 0. The second-order valence-electron chi connectivity index (χ2n) is 9.54. The fraction of sp³-hybridized carbons (Fsp3) is 0.741. The van der Waals surface area contributed by atoms with Gasteiger partial charge < -0.3 is 10.2 Å². The number of allylic oxidation sites excluding steroid dienone is 4. The number of carbonyl (C=O) groups is 1. The van der Waals surface area contributed by atoms with Crippen molar-refractivity contribution in [1.82, 2.24) is 0 Å². The van der Waals surface area contributed by atoms with Crippen molar-refractivity contribution in [1.29, 1.82) is 0 Å². The molecule has 30 heavy (non-hydrogen) atoms. The molecule has 0 saturated carbocycles. The first-order valence-corrected chi connectivity index (χ1v) is 12.3. The van der Waals surface area contributed by atoms with E-state index in [1.54, 1.807) is 26.0 Å². The van der Waals surface area contributed by atoms with Gasteiger partial charge in [-0.05, 0) is 31.8 Å². The molecule has 0 bridgehead atoms. The minimum absolute atomic E-state index is 0.712. The maximum absolute atomic E-state index is 11.7. The second-order valence-corrected chi connectivity index (χ2v) is 9.54. The maximum Gasteiger partial charge on any atom is 0.316 e. The van der Waals surface area contributed by atoms with Crippen LogP contribution in [-0.2, 0) is 4.79 Å². The number of hydrogen-bond acceptors (Lipinski definition) is 2. The van der Waals surface area contributed by atoms with E-state index >= 15 is 0 Å². The third-order valence-electron chi connectivity index (χ3n) is 6.76. The van der Waals surface area contributed by atoms with Gasteiger partial charge in [-0.1, -0.05) is 121 Å². The Hall–Kier alpha value is -1.35. The summed E-state index contributed by atoms with van der Waals surface area (Å²) < 4.78 is 0. The van der Waals surface area contributed by atoms with Gasteiger partial charge in [0.05, 0.1) is 5.60 Å². The first kappa shape index (κ1) is 26.7. The van der Waals surface area contributed by atoms with Crippen LogP contribution in [0.2, 0.25) is 0 Å². The highest BCUT2D eigenvalue weighted by Gasteiger charge is 2.48. The molecule has 1 aliphatic rings. The van der Waals surface area contributed by atoms with Gasteiger partial charge in [0, 0.05) is 0 Å². The Morgan fingerprint density at radius 1 is 0.967 bits per heavy atom. The first-order chi connectivity index (χ1) is 14.3. The predicted octanol–water partition coefficient (Wildman–Crippen LogP) is 7.61. The molecular weight excluding hydrogens is 372 g/mol. The summed E-state index contributed by atoms with van der Waals surface area (Å²) >= 11 is 0. The lowest BCUT2D eigenvalue weighted by molar-refractivity contribution is -0.154. The molecule has 0 aromatic rings. The van der Waals surface area contributed by atoms with Crippen LogP contribution in [0.3, 0.4) is 0 Å². The summed E-state index contributed by atoms with van der Waals surface area (Å²) in [6.07, 6.45) is 26.3. The summed E-state index contributed by atoms with van der Waals surface area (Å²) in [6.45, 7) is 7.65. The number of carboxylic acid groups (broad SMARTS) is 1. The summed E-state index contributed by atoms with van der Waals surface area (Å²) in [5, 5.41) is 20.1. The van der Waals surface area contributed by atoms with E-state index in [1.165, 1.54) is 77.0 Å². The van der Waals surface area contributed by atoms with Gasteiger partial charge in [0.1, 0.15) is 5.41 Å². The Kier molecular flexibility index (Phi) is 12.3. The summed E-state index contributed by atoms with van der Waals surface area (Å²) in [4.78, 5) is 11.7. The molecule has 3 nitrogen and oxygen atoms in total. The lowest BCUT2D eigenvalue weighted by Gasteiger charge is -2.37. The van der Waals surface area contributed by atoms with Crippen LogP contribution >= 0.6 is 0 Å². The maximum atomic E-state index is 11.7. The van der Waals surface area contributed by atoms with Crippen LogP contribution in [0, 0.1) is 11.3 Å². The van der Waals surface area contributed by atoms with Crippen LogP contribution < -0.4 is 0 Å². The van der Waals surface area contributed by atoms with Crippen molar-refractivity contribution in [2.45, 2.75) is 117 Å². The number of unbranched alkanes of at least 4 members (excludes halogenated alkanes) is 8. The van der Waals surface area contributed by atoms with Gasteiger partial charge >= 0.3 is 5.97 Å². The molecule has 0 saturated heterocycles. The molecular formula is C27H46O3. The SMILES string of the molecule is CCCCCCCCCCC(CC=CC1=CC(C)(C(=O)O)C(C)(O)C=C1)CCCC. The lowest BCUT2D eigenvalue weighted by Crippen LogP contribution is -2.48. The van der Waals surface area contributed by atoms with Gasteiger partial charge in [0.25, 0.3) is 0 Å². The fourth-order valence-electron chi connectivity index (χ4n) is 4.18. The molecule has 0 aromatic carbocycles. The average Bonchev–Trinajstić information content (AvgIpc) is 2.70. The van der Waals surface area contributed by atoms with Crippen LogP contribution in [0.25, 0.3) is 0 Å². The molecule has 3 atom stereocenters. The van der Waals surface area contributed by atoms with Gasteiger partial charge in [0.2, 0.25) is 0 Å². The van der Waals surface area contributed by atoms with Crippen LogP contribution in [0.1, 0.15) is 111 Å². The number of hydrogen-bond donors (Lipinski definition) is 2. The molecule has 0 fully saturated rings. The molecule has 1 rings (SSSR count). The molecule has 0 amide bonds. The van der Waals surface area contributed by atoms with E-state index in [0.717, 1.165) is 12.0 Å². The molecule has 3 heteroatoms. The normalized spacial score (nSPS) is 24.9. The van der Waals surface area contributed by atoms with Crippen molar-refractivity contribution < 1.29 is 15.0 Å². The molecule has 0 radical (unpaired) electrons. The first-order valence-electron chi connectivity index (χ1n) is 12.3. The van der Waals surface area contributed by atoms with Gasteiger partial charge in [-0.3, -0.25) is 4.79 Å². The Balaban J connectivity index is 2.51. The second kappa shape index (κ2) is 13.9. The zero-order valence-electron chi connectivity index (χ0n) is 20.0. The van der Waals surface area contributed by atoms with Gasteiger partial charge in [-0.25, -0.2) is 0 Å². The molecule has 0 aliphatic heterocycles. The number of rotatable bonds is 16. The smallest absolute Gasteiger partial charge is 0.316 e. The molecule has 172 valence electrons. The zero-order chi connectivity index (χ0) is 22.5. The number of aliphatic hydroxyl groups is 1. The molecule has 0 heterocycles. The van der Waals surface area contributed by atoms with E-state index in [4.69, 9.17) is 0 Å². The van der Waals surface area contributed by atoms with Crippen LogP contribution in [0.5, 0.6) is 0 Å². The van der Waals surface area contributed by atoms with E-state index in [2.05, 4.69) is 19.9 Å². The quantitative estimate of drug-likeness (QED) is 0.254. The van der Waals surface area contributed by atoms with Crippen molar-refractivity contribution in [2.75, 3.05) is 0 Å². The Morgan fingerprint density at radius 3 is 2.13 bits per heavy atom. The lowest BCUT2D eigenvalue weighted by atomic mass is 9.70. The largest absolute Gasteiger partial charge is 0.481 e. The molecule has 1 aliphatic carbocycles. The van der Waals surface area contributed by atoms with Gasteiger partial charge in [-0.15, -0.1) is 0 Å². The highest BCUT2D eigenvalue weighted by atomic mass is 16.4. The van der Waals surface area contributed by atoms with E-state index in [1.807, 2.05) is 12.2 Å². The predicted molar refractivity (Wildman–Crippen MR) is 128 cm³/mol.